The van der Waals surface area contributed by atoms with E-state index >= 15 is 0 Å². The molecule has 1 aliphatic heterocycles. The third kappa shape index (κ3) is 4.55. The van der Waals surface area contributed by atoms with Gasteiger partial charge in [-0.25, -0.2) is 0 Å². The Bertz CT molecular complexity index is 1390. The van der Waals surface area contributed by atoms with E-state index in [0.29, 0.717) is 23.0 Å². The summed E-state index contributed by atoms with van der Waals surface area (Å²) in [5.74, 6) is 0.491. The maximum absolute atomic E-state index is 13.5. The minimum atomic E-state index is -0.315. The number of nitrogens with one attached hydrogen (secondary N) is 1. The van der Waals surface area contributed by atoms with Gasteiger partial charge in [-0.15, -0.1) is 0 Å². The van der Waals surface area contributed by atoms with Crippen LogP contribution in [0.1, 0.15) is 34.9 Å². The second-order valence-electron chi connectivity index (χ2n) is 8.66. The van der Waals surface area contributed by atoms with Crippen LogP contribution in [0, 0.1) is 0 Å². The maximum atomic E-state index is 13.5. The van der Waals surface area contributed by atoms with Crippen LogP contribution in [0.15, 0.2) is 83.7 Å². The minimum absolute atomic E-state index is 0.0242. The Morgan fingerprint density at radius 1 is 0.943 bits per heavy atom. The number of amides is 1. The largest absolute Gasteiger partial charge is 0.496 e. The van der Waals surface area contributed by atoms with E-state index in [1.807, 2.05) is 42.5 Å². The van der Waals surface area contributed by atoms with E-state index in [2.05, 4.69) is 21.4 Å². The molecule has 3 aromatic carbocycles. The van der Waals surface area contributed by atoms with Gasteiger partial charge in [-0.2, -0.15) is 9.78 Å². The summed E-state index contributed by atoms with van der Waals surface area (Å²) in [7, 11) is 1.67. The second kappa shape index (κ2) is 10.1. The first-order chi connectivity index (χ1) is 17.2. The lowest BCUT2D eigenvalue weighted by Gasteiger charge is -2.29. The molecule has 7 heteroatoms. The number of nitrogens with zero attached hydrogens (tertiary/aromatic N) is 3. The number of methoxy groups -OCH3 is 1. The molecule has 0 radical (unpaired) electrons. The average Bonchev–Trinajstić information content (AvgIpc) is 3.44. The molecule has 1 N–H and O–H groups in total. The van der Waals surface area contributed by atoms with E-state index in [1.54, 1.807) is 37.4 Å². The summed E-state index contributed by atoms with van der Waals surface area (Å²) in [6.45, 7) is 2.34. The molecular weight excluding hydrogens is 440 g/mol. The Labute approximate surface area is 204 Å². The molecular formula is C28H28N4O3. The highest BCUT2D eigenvalue weighted by Crippen LogP contribution is 2.31. The Morgan fingerprint density at radius 3 is 2.34 bits per heavy atom. The maximum Gasteiger partial charge on any atom is 0.279 e. The number of carbonyl (C=O) groups excluding carboxylic acids is 1. The van der Waals surface area contributed by atoms with Gasteiger partial charge in [0.05, 0.1) is 24.2 Å². The van der Waals surface area contributed by atoms with Gasteiger partial charge in [0.25, 0.3) is 11.5 Å². The van der Waals surface area contributed by atoms with Gasteiger partial charge in [0, 0.05) is 17.5 Å². The van der Waals surface area contributed by atoms with Crippen LogP contribution in [0.5, 0.6) is 5.75 Å². The fraction of sp³-hybridized carbons (Fsp3) is 0.250. The van der Waals surface area contributed by atoms with Crippen LogP contribution in [-0.2, 0) is 0 Å². The SMILES string of the molecule is COc1ccccc1[C@H](CNC(=O)c1nn(-c2ccccc2)c(=O)c2ccccc12)N1CCCC1. The predicted molar refractivity (Wildman–Crippen MR) is 136 cm³/mol. The molecule has 1 amide bonds. The fourth-order valence-electron chi connectivity index (χ4n) is 4.81. The zero-order chi connectivity index (χ0) is 24.2. The molecule has 1 atom stereocenters. The first kappa shape index (κ1) is 22.8. The molecule has 1 aliphatic rings. The van der Waals surface area contributed by atoms with Crippen molar-refractivity contribution in [2.24, 2.45) is 0 Å². The summed E-state index contributed by atoms with van der Waals surface area (Å²) in [4.78, 5) is 29.1. The molecule has 1 aromatic heterocycles. The zero-order valence-electron chi connectivity index (χ0n) is 19.7. The fourth-order valence-corrected chi connectivity index (χ4v) is 4.81. The van der Waals surface area contributed by atoms with Crippen LogP contribution in [0.4, 0.5) is 0 Å². The van der Waals surface area contributed by atoms with Gasteiger partial charge in [0.1, 0.15) is 5.75 Å². The number of aromatic nitrogens is 2. The van der Waals surface area contributed by atoms with Crippen molar-refractivity contribution >= 4 is 16.7 Å². The van der Waals surface area contributed by atoms with Crippen molar-refractivity contribution in [1.29, 1.82) is 0 Å². The molecule has 178 valence electrons. The lowest BCUT2D eigenvalue weighted by molar-refractivity contribution is 0.0932. The molecule has 0 bridgehead atoms. The molecule has 0 aliphatic carbocycles. The number of fused-ring (bicyclic) bond motifs is 1. The van der Waals surface area contributed by atoms with Crippen LogP contribution < -0.4 is 15.6 Å². The third-order valence-electron chi connectivity index (χ3n) is 6.56. The van der Waals surface area contributed by atoms with Crippen molar-refractivity contribution in [2.75, 3.05) is 26.7 Å². The average molecular weight is 469 g/mol. The summed E-state index contributed by atoms with van der Waals surface area (Å²) in [6, 6.07) is 24.2. The van der Waals surface area contributed by atoms with Crippen molar-refractivity contribution in [3.8, 4) is 11.4 Å². The van der Waals surface area contributed by atoms with E-state index in [4.69, 9.17) is 4.74 Å². The highest BCUT2D eigenvalue weighted by Gasteiger charge is 2.27. The van der Waals surface area contributed by atoms with Crippen molar-refractivity contribution in [3.05, 3.63) is 100 Å². The smallest absolute Gasteiger partial charge is 0.279 e. The molecule has 1 fully saturated rings. The minimum Gasteiger partial charge on any atom is -0.496 e. The standard InChI is InChI=1S/C28H28N4O3/c1-35-25-16-8-7-15-23(25)24(31-17-9-10-18-31)19-29-27(33)26-21-13-5-6-14-22(21)28(34)32(30-26)20-11-3-2-4-12-20/h2-8,11-16,24H,9-10,17-19H2,1H3,(H,29,33)/t24-/m0/s1. The number of hydrogen-bond donors (Lipinski definition) is 1. The van der Waals surface area contributed by atoms with Crippen molar-refractivity contribution in [2.45, 2.75) is 18.9 Å². The first-order valence-electron chi connectivity index (χ1n) is 11.9. The normalized spacial score (nSPS) is 14.7. The lowest BCUT2D eigenvalue weighted by Crippen LogP contribution is -2.38. The number of carbonyl (C=O) groups is 1. The van der Waals surface area contributed by atoms with Gasteiger partial charge >= 0.3 is 0 Å². The predicted octanol–water partition coefficient (Wildman–Crippen LogP) is 3.96. The zero-order valence-corrected chi connectivity index (χ0v) is 19.7. The molecule has 4 aromatic rings. The third-order valence-corrected chi connectivity index (χ3v) is 6.56. The van der Waals surface area contributed by atoms with Gasteiger partial charge in [0.15, 0.2) is 5.69 Å². The number of rotatable bonds is 7. The molecule has 0 saturated carbocycles. The molecule has 0 unspecified atom stereocenters. The van der Waals surface area contributed by atoms with Crippen LogP contribution in [0.3, 0.4) is 0 Å². The van der Waals surface area contributed by atoms with E-state index in [1.165, 1.54) is 4.68 Å². The van der Waals surface area contributed by atoms with Gasteiger partial charge in [0.2, 0.25) is 0 Å². The lowest BCUT2D eigenvalue weighted by atomic mass is 10.0. The first-order valence-corrected chi connectivity index (χ1v) is 11.9. The Kier molecular flexibility index (Phi) is 6.59. The summed E-state index contributed by atoms with van der Waals surface area (Å²) in [5.41, 5.74) is 1.63. The molecule has 35 heavy (non-hydrogen) atoms. The summed E-state index contributed by atoms with van der Waals surface area (Å²) >= 11 is 0. The number of hydrogen-bond acceptors (Lipinski definition) is 5. The van der Waals surface area contributed by atoms with Gasteiger partial charge < -0.3 is 10.1 Å². The van der Waals surface area contributed by atoms with E-state index in [-0.39, 0.29) is 23.2 Å². The van der Waals surface area contributed by atoms with Gasteiger partial charge in [-0.05, 0) is 50.2 Å². The second-order valence-corrected chi connectivity index (χ2v) is 8.66. The highest BCUT2D eigenvalue weighted by molar-refractivity contribution is 6.04. The number of benzene rings is 3. The van der Waals surface area contributed by atoms with Gasteiger partial charge in [-0.3, -0.25) is 14.5 Å². The van der Waals surface area contributed by atoms with Crippen molar-refractivity contribution < 1.29 is 9.53 Å². The van der Waals surface area contributed by atoms with E-state index < -0.39 is 0 Å². The molecule has 5 rings (SSSR count). The quantitative estimate of drug-likeness (QED) is 0.444. The Balaban J connectivity index is 1.50. The Hall–Kier alpha value is -3.97. The summed E-state index contributed by atoms with van der Waals surface area (Å²) < 4.78 is 6.92. The molecule has 0 spiro atoms. The molecule has 1 saturated heterocycles. The van der Waals surface area contributed by atoms with E-state index in [9.17, 15) is 9.59 Å². The highest BCUT2D eigenvalue weighted by atomic mass is 16.5. The number of likely N-dealkylation sites (tertiary alicyclic amines) is 1. The Morgan fingerprint density at radius 2 is 1.60 bits per heavy atom. The van der Waals surface area contributed by atoms with Gasteiger partial charge in [-0.1, -0.05) is 54.6 Å². The van der Waals surface area contributed by atoms with Crippen LogP contribution in [-0.4, -0.2) is 47.3 Å². The van der Waals surface area contributed by atoms with Crippen LogP contribution in [0.2, 0.25) is 0 Å². The topological polar surface area (TPSA) is 76.5 Å². The number of para-hydroxylation sites is 2. The van der Waals surface area contributed by atoms with E-state index in [0.717, 1.165) is 37.2 Å². The van der Waals surface area contributed by atoms with Crippen LogP contribution in [0.25, 0.3) is 16.5 Å². The molecule has 7 nitrogen and oxygen atoms in total. The summed E-state index contributed by atoms with van der Waals surface area (Å²) in [6.07, 6.45) is 2.27. The monoisotopic (exact) mass is 468 g/mol. The summed E-state index contributed by atoms with van der Waals surface area (Å²) in [5, 5.41) is 8.60. The van der Waals surface area contributed by atoms with Crippen LogP contribution >= 0.6 is 0 Å². The number of ether oxygens (including phenoxy) is 1. The van der Waals surface area contributed by atoms with Crippen molar-refractivity contribution in [1.82, 2.24) is 20.0 Å². The van der Waals surface area contributed by atoms with Crippen molar-refractivity contribution in [3.63, 3.8) is 0 Å². The molecule has 2 heterocycles.